The molecule has 2 N–H and O–H groups in total. The summed E-state index contributed by atoms with van der Waals surface area (Å²) in [6.07, 6.45) is 6.59. The van der Waals surface area contributed by atoms with Gasteiger partial charge in [-0.2, -0.15) is 5.10 Å². The number of halogens is 2. The van der Waals surface area contributed by atoms with Gasteiger partial charge in [-0.3, -0.25) is 9.59 Å². The molecule has 0 atom stereocenters. The van der Waals surface area contributed by atoms with Crippen molar-refractivity contribution in [3.8, 4) is 0 Å². The van der Waals surface area contributed by atoms with Gasteiger partial charge in [0.15, 0.2) is 0 Å². The Labute approximate surface area is 145 Å². The lowest BCUT2D eigenvalue weighted by Gasteiger charge is -2.22. The average Bonchev–Trinajstić information content (AvgIpc) is 2.52. The van der Waals surface area contributed by atoms with Crippen LogP contribution in [0, 0.1) is 0 Å². The molecular formula is C16H19Cl2N3O2. The highest BCUT2D eigenvalue weighted by Gasteiger charge is 2.17. The zero-order valence-corrected chi connectivity index (χ0v) is 14.2. The van der Waals surface area contributed by atoms with Crippen LogP contribution in [-0.2, 0) is 9.59 Å². The lowest BCUT2D eigenvalue weighted by Crippen LogP contribution is -2.38. The second-order valence-electron chi connectivity index (χ2n) is 5.52. The van der Waals surface area contributed by atoms with Crippen LogP contribution in [0.3, 0.4) is 0 Å². The molecule has 0 bridgehead atoms. The molecule has 0 aromatic heterocycles. The van der Waals surface area contributed by atoms with Gasteiger partial charge in [0.2, 0.25) is 11.8 Å². The maximum Gasteiger partial charge on any atom is 0.249 e. The number of rotatable bonds is 5. The minimum atomic E-state index is -0.465. The number of carbonyl (C=O) groups excluding carboxylic acids is 2. The standard InChI is InChI=1S/C16H19Cl2N3O2/c17-13-8-4-5-11(16(13)18)10-19-21-15(23)9-14(22)20-12-6-2-1-3-7-12/h4-5,8,10,12H,1-3,6-7,9H2,(H,20,22)(H,21,23)/b19-10+. The molecule has 124 valence electrons. The lowest BCUT2D eigenvalue weighted by atomic mass is 9.95. The highest BCUT2D eigenvalue weighted by Crippen LogP contribution is 2.24. The van der Waals surface area contributed by atoms with Gasteiger partial charge >= 0.3 is 0 Å². The molecule has 1 aliphatic carbocycles. The molecule has 1 aliphatic rings. The molecule has 1 aromatic rings. The smallest absolute Gasteiger partial charge is 0.249 e. The van der Waals surface area contributed by atoms with Gasteiger partial charge in [0.1, 0.15) is 6.42 Å². The highest BCUT2D eigenvalue weighted by atomic mass is 35.5. The number of hydrogen-bond donors (Lipinski definition) is 2. The summed E-state index contributed by atoms with van der Waals surface area (Å²) in [4.78, 5) is 23.5. The van der Waals surface area contributed by atoms with E-state index in [0.29, 0.717) is 15.6 Å². The number of benzene rings is 1. The molecule has 2 rings (SSSR count). The molecule has 0 aliphatic heterocycles. The van der Waals surface area contributed by atoms with Crippen LogP contribution in [0.1, 0.15) is 44.1 Å². The first-order valence-electron chi connectivity index (χ1n) is 7.61. The number of carbonyl (C=O) groups is 2. The van der Waals surface area contributed by atoms with Crippen molar-refractivity contribution in [2.75, 3.05) is 0 Å². The van der Waals surface area contributed by atoms with E-state index in [1.54, 1.807) is 18.2 Å². The third-order valence-electron chi connectivity index (χ3n) is 3.67. The predicted molar refractivity (Wildman–Crippen MR) is 91.8 cm³/mol. The Balaban J connectivity index is 1.76. The fraction of sp³-hybridized carbons (Fsp3) is 0.438. The Morgan fingerprint density at radius 3 is 2.65 bits per heavy atom. The Bertz CT molecular complexity index is 599. The van der Waals surface area contributed by atoms with Gasteiger partial charge in [-0.25, -0.2) is 5.43 Å². The largest absolute Gasteiger partial charge is 0.353 e. The van der Waals surface area contributed by atoms with Crippen molar-refractivity contribution in [2.45, 2.75) is 44.6 Å². The molecule has 1 fully saturated rings. The van der Waals surface area contributed by atoms with E-state index in [-0.39, 0.29) is 18.4 Å². The summed E-state index contributed by atoms with van der Waals surface area (Å²) in [5.41, 5.74) is 2.90. The molecule has 7 heteroatoms. The van der Waals surface area contributed by atoms with E-state index in [1.807, 2.05) is 0 Å². The molecule has 0 radical (unpaired) electrons. The summed E-state index contributed by atoms with van der Waals surface area (Å²) in [5, 5.41) is 7.45. The van der Waals surface area contributed by atoms with E-state index in [2.05, 4.69) is 15.8 Å². The fourth-order valence-electron chi connectivity index (χ4n) is 2.50. The van der Waals surface area contributed by atoms with Crippen LogP contribution in [0.25, 0.3) is 0 Å². The number of hydrazone groups is 1. The topological polar surface area (TPSA) is 70.6 Å². The maximum atomic E-state index is 11.8. The summed E-state index contributed by atoms with van der Waals surface area (Å²) in [6, 6.07) is 5.31. The van der Waals surface area contributed by atoms with Gasteiger partial charge < -0.3 is 5.32 Å². The van der Waals surface area contributed by atoms with Gasteiger partial charge in [-0.05, 0) is 18.9 Å². The zero-order chi connectivity index (χ0) is 16.7. The number of nitrogens with zero attached hydrogens (tertiary/aromatic N) is 1. The third-order valence-corrected chi connectivity index (χ3v) is 4.50. The van der Waals surface area contributed by atoms with Crippen LogP contribution in [0.15, 0.2) is 23.3 Å². The maximum absolute atomic E-state index is 11.8. The van der Waals surface area contributed by atoms with Gasteiger partial charge in [-0.1, -0.05) is 54.6 Å². The van der Waals surface area contributed by atoms with Crippen molar-refractivity contribution in [1.82, 2.24) is 10.7 Å². The third kappa shape index (κ3) is 5.84. The summed E-state index contributed by atoms with van der Waals surface area (Å²) >= 11 is 11.9. The van der Waals surface area contributed by atoms with Crippen molar-refractivity contribution in [3.05, 3.63) is 33.8 Å². The first-order valence-corrected chi connectivity index (χ1v) is 8.37. The van der Waals surface area contributed by atoms with Crippen LogP contribution in [-0.4, -0.2) is 24.1 Å². The van der Waals surface area contributed by atoms with E-state index in [1.165, 1.54) is 12.6 Å². The van der Waals surface area contributed by atoms with E-state index in [4.69, 9.17) is 23.2 Å². The monoisotopic (exact) mass is 355 g/mol. The molecular weight excluding hydrogens is 337 g/mol. The first kappa shape index (κ1) is 17.8. The molecule has 23 heavy (non-hydrogen) atoms. The van der Waals surface area contributed by atoms with Gasteiger partial charge in [0.25, 0.3) is 0 Å². The summed E-state index contributed by atoms with van der Waals surface area (Å²) in [5.74, 6) is -0.738. The second kappa shape index (κ2) is 8.89. The highest BCUT2D eigenvalue weighted by molar-refractivity contribution is 6.43. The van der Waals surface area contributed by atoms with Crippen LogP contribution >= 0.6 is 23.2 Å². The minimum Gasteiger partial charge on any atom is -0.353 e. The number of amides is 2. The van der Waals surface area contributed by atoms with Crippen molar-refractivity contribution in [1.29, 1.82) is 0 Å². The normalized spacial score (nSPS) is 15.6. The molecule has 0 heterocycles. The summed E-state index contributed by atoms with van der Waals surface area (Å²) < 4.78 is 0. The van der Waals surface area contributed by atoms with Crippen LogP contribution in [0.4, 0.5) is 0 Å². The van der Waals surface area contributed by atoms with Gasteiger partial charge in [-0.15, -0.1) is 0 Å². The second-order valence-corrected chi connectivity index (χ2v) is 6.30. The Kier molecular flexibility index (Phi) is 6.86. The Hall–Kier alpha value is -1.59. The molecule has 1 aromatic carbocycles. The van der Waals surface area contributed by atoms with Crippen molar-refractivity contribution in [2.24, 2.45) is 5.10 Å². The van der Waals surface area contributed by atoms with Crippen molar-refractivity contribution >= 4 is 41.2 Å². The molecule has 0 spiro atoms. The van der Waals surface area contributed by atoms with Crippen LogP contribution in [0.2, 0.25) is 10.0 Å². The van der Waals surface area contributed by atoms with E-state index >= 15 is 0 Å². The summed E-state index contributed by atoms with van der Waals surface area (Å²) in [7, 11) is 0. The Morgan fingerprint density at radius 2 is 1.91 bits per heavy atom. The van der Waals surface area contributed by atoms with E-state index < -0.39 is 5.91 Å². The SMILES string of the molecule is O=C(CC(=O)NC1CCCCC1)N/N=C/c1cccc(Cl)c1Cl. The van der Waals surface area contributed by atoms with Crippen LogP contribution in [0.5, 0.6) is 0 Å². The average molecular weight is 356 g/mol. The minimum absolute atomic E-state index is 0.192. The lowest BCUT2D eigenvalue weighted by molar-refractivity contribution is -0.129. The van der Waals surface area contributed by atoms with Crippen LogP contribution < -0.4 is 10.7 Å². The Morgan fingerprint density at radius 1 is 1.17 bits per heavy atom. The van der Waals surface area contributed by atoms with E-state index in [9.17, 15) is 9.59 Å². The molecule has 0 saturated heterocycles. The van der Waals surface area contributed by atoms with E-state index in [0.717, 1.165) is 25.7 Å². The predicted octanol–water partition coefficient (Wildman–Crippen LogP) is 3.28. The molecule has 0 unspecified atom stereocenters. The summed E-state index contributed by atoms with van der Waals surface area (Å²) in [6.45, 7) is 0. The molecule has 5 nitrogen and oxygen atoms in total. The first-order chi connectivity index (χ1) is 11.1. The molecule has 2 amide bonds. The number of nitrogens with one attached hydrogen (secondary N) is 2. The fourth-order valence-corrected chi connectivity index (χ4v) is 2.86. The van der Waals surface area contributed by atoms with Crippen molar-refractivity contribution in [3.63, 3.8) is 0 Å². The number of hydrogen-bond acceptors (Lipinski definition) is 3. The van der Waals surface area contributed by atoms with Gasteiger partial charge in [0, 0.05) is 11.6 Å². The van der Waals surface area contributed by atoms with Gasteiger partial charge in [0.05, 0.1) is 16.3 Å². The quantitative estimate of drug-likeness (QED) is 0.483. The molecule has 1 saturated carbocycles. The van der Waals surface area contributed by atoms with Crippen molar-refractivity contribution < 1.29 is 9.59 Å². The zero-order valence-electron chi connectivity index (χ0n) is 12.6.